The van der Waals surface area contributed by atoms with Gasteiger partial charge >= 0.3 is 18.1 Å². The van der Waals surface area contributed by atoms with E-state index in [1.807, 2.05) is 0 Å². The Morgan fingerprint density at radius 1 is 0.750 bits per heavy atom. The van der Waals surface area contributed by atoms with Crippen molar-refractivity contribution in [2.45, 2.75) is 39.3 Å². The number of rotatable bonds is 6. The Balaban J connectivity index is 4.54. The van der Waals surface area contributed by atoms with Crippen molar-refractivity contribution in [3.8, 4) is 0 Å². The monoisotopic (exact) mass is 286 g/mol. The number of hydrogen-bond donors (Lipinski definition) is 0. The van der Waals surface area contributed by atoms with E-state index in [9.17, 15) is 14.4 Å². The Hall–Kier alpha value is -2.31. The van der Waals surface area contributed by atoms with E-state index in [4.69, 9.17) is 18.9 Å². The van der Waals surface area contributed by atoms with Crippen LogP contribution >= 0.6 is 0 Å². The minimum Gasteiger partial charge on any atom is -0.420 e. The van der Waals surface area contributed by atoms with Gasteiger partial charge in [0.15, 0.2) is 0 Å². The van der Waals surface area contributed by atoms with Crippen LogP contribution in [0.2, 0.25) is 0 Å². The van der Waals surface area contributed by atoms with Gasteiger partial charge in [-0.1, -0.05) is 13.2 Å². The third-order valence-electron chi connectivity index (χ3n) is 1.68. The van der Waals surface area contributed by atoms with Crippen LogP contribution in [0.15, 0.2) is 25.3 Å². The Bertz CT molecular complexity index is 382. The van der Waals surface area contributed by atoms with Crippen LogP contribution in [-0.2, 0) is 28.5 Å². The van der Waals surface area contributed by atoms with Crippen molar-refractivity contribution in [2.75, 3.05) is 0 Å². The molecule has 0 saturated heterocycles. The average molecular weight is 286 g/mol. The standard InChI is InChI=1S/C13H18O7/c1-7-9(14)17-12(3,4)19-11(16)20-13(5,6)18-10(15)8-2/h7-8H,1-2H2,3-6H3. The summed E-state index contributed by atoms with van der Waals surface area (Å²) in [4.78, 5) is 33.6. The summed E-state index contributed by atoms with van der Waals surface area (Å²) in [5.74, 6) is -4.64. The van der Waals surface area contributed by atoms with Crippen molar-refractivity contribution in [2.24, 2.45) is 0 Å². The summed E-state index contributed by atoms with van der Waals surface area (Å²) in [5.41, 5.74) is 0. The van der Waals surface area contributed by atoms with Crippen LogP contribution in [-0.4, -0.2) is 29.7 Å². The van der Waals surface area contributed by atoms with Gasteiger partial charge in [-0.25, -0.2) is 14.4 Å². The van der Waals surface area contributed by atoms with Gasteiger partial charge in [-0.2, -0.15) is 0 Å². The Morgan fingerprint density at radius 2 is 1.05 bits per heavy atom. The zero-order valence-corrected chi connectivity index (χ0v) is 11.9. The van der Waals surface area contributed by atoms with Gasteiger partial charge in [-0.05, 0) is 0 Å². The highest BCUT2D eigenvalue weighted by atomic mass is 16.8. The van der Waals surface area contributed by atoms with Gasteiger partial charge in [0.25, 0.3) is 11.6 Å². The van der Waals surface area contributed by atoms with Crippen molar-refractivity contribution in [1.29, 1.82) is 0 Å². The van der Waals surface area contributed by atoms with Gasteiger partial charge in [-0.15, -0.1) is 0 Å². The van der Waals surface area contributed by atoms with Gasteiger partial charge in [-0.3, -0.25) is 0 Å². The maximum atomic E-state index is 11.5. The van der Waals surface area contributed by atoms with Gasteiger partial charge in [0.05, 0.1) is 0 Å². The molecule has 0 N–H and O–H groups in total. The summed E-state index contributed by atoms with van der Waals surface area (Å²) < 4.78 is 19.1. The summed E-state index contributed by atoms with van der Waals surface area (Å²) >= 11 is 0. The quantitative estimate of drug-likeness (QED) is 0.419. The average Bonchev–Trinajstić information content (AvgIpc) is 2.25. The van der Waals surface area contributed by atoms with E-state index in [0.717, 1.165) is 12.2 Å². The molecule has 0 bridgehead atoms. The lowest BCUT2D eigenvalue weighted by atomic mass is 10.4. The molecule has 0 fully saturated rings. The molecule has 0 spiro atoms. The maximum absolute atomic E-state index is 11.5. The first-order valence-electron chi connectivity index (χ1n) is 5.64. The van der Waals surface area contributed by atoms with Crippen molar-refractivity contribution >= 4 is 18.1 Å². The SMILES string of the molecule is C=CC(=O)OC(C)(C)OC(=O)OC(C)(C)OC(=O)C=C. The molecule has 7 nitrogen and oxygen atoms in total. The van der Waals surface area contributed by atoms with Crippen LogP contribution in [0.5, 0.6) is 0 Å². The summed E-state index contributed by atoms with van der Waals surface area (Å²) in [5, 5.41) is 0. The lowest BCUT2D eigenvalue weighted by Crippen LogP contribution is -2.39. The van der Waals surface area contributed by atoms with E-state index in [1.54, 1.807) is 0 Å². The van der Waals surface area contributed by atoms with E-state index in [0.29, 0.717) is 0 Å². The first kappa shape index (κ1) is 17.7. The van der Waals surface area contributed by atoms with Gasteiger partial charge in [0, 0.05) is 39.8 Å². The van der Waals surface area contributed by atoms with Crippen LogP contribution in [0.4, 0.5) is 4.79 Å². The molecule has 7 heteroatoms. The van der Waals surface area contributed by atoms with Crippen molar-refractivity contribution in [1.82, 2.24) is 0 Å². The molecule has 0 heterocycles. The second-order valence-corrected chi connectivity index (χ2v) is 4.50. The lowest BCUT2D eigenvalue weighted by Gasteiger charge is -2.28. The zero-order chi connectivity index (χ0) is 16.0. The third-order valence-corrected chi connectivity index (χ3v) is 1.68. The molecule has 0 atom stereocenters. The summed E-state index contributed by atoms with van der Waals surface area (Å²) in [6.07, 6.45) is 0.673. The van der Waals surface area contributed by atoms with E-state index in [2.05, 4.69) is 13.2 Å². The number of carbonyl (C=O) groups is 3. The summed E-state index contributed by atoms with van der Waals surface area (Å²) in [7, 11) is 0. The molecule has 0 aromatic carbocycles. The van der Waals surface area contributed by atoms with E-state index < -0.39 is 29.7 Å². The largest absolute Gasteiger partial charge is 0.514 e. The molecule has 0 radical (unpaired) electrons. The van der Waals surface area contributed by atoms with Crippen molar-refractivity contribution < 1.29 is 33.3 Å². The Labute approximate surface area is 117 Å². The zero-order valence-electron chi connectivity index (χ0n) is 11.9. The molecule has 20 heavy (non-hydrogen) atoms. The molecule has 0 amide bonds. The fraction of sp³-hybridized carbons (Fsp3) is 0.462. The minimum atomic E-state index is -1.55. The van der Waals surface area contributed by atoms with Crippen LogP contribution in [0.1, 0.15) is 27.7 Å². The molecule has 0 unspecified atom stereocenters. The predicted molar refractivity (Wildman–Crippen MR) is 68.3 cm³/mol. The minimum absolute atomic E-state index is 0.764. The molecular formula is C13H18O7. The molecule has 0 saturated carbocycles. The molecule has 112 valence electrons. The second-order valence-electron chi connectivity index (χ2n) is 4.50. The maximum Gasteiger partial charge on any atom is 0.514 e. The number of esters is 2. The summed E-state index contributed by atoms with van der Waals surface area (Å²) in [6, 6.07) is 0. The van der Waals surface area contributed by atoms with Crippen molar-refractivity contribution in [3.63, 3.8) is 0 Å². The highest BCUT2D eigenvalue weighted by Crippen LogP contribution is 2.18. The highest BCUT2D eigenvalue weighted by Gasteiger charge is 2.33. The molecule has 0 aliphatic heterocycles. The number of hydrogen-bond acceptors (Lipinski definition) is 7. The fourth-order valence-electron chi connectivity index (χ4n) is 1.03. The molecule has 0 aromatic rings. The summed E-state index contributed by atoms with van der Waals surface area (Å²) in [6.45, 7) is 11.8. The third kappa shape index (κ3) is 7.20. The molecule has 0 aliphatic rings. The van der Waals surface area contributed by atoms with Crippen LogP contribution in [0, 0.1) is 0 Å². The Kier molecular flexibility index (Phi) is 5.96. The lowest BCUT2D eigenvalue weighted by molar-refractivity contribution is -0.222. The highest BCUT2D eigenvalue weighted by molar-refractivity contribution is 5.82. The predicted octanol–water partition coefficient (Wildman–Crippen LogP) is 2.07. The molecule has 0 aliphatic carbocycles. The number of carbonyl (C=O) groups excluding carboxylic acids is 3. The molecule has 0 aromatic heterocycles. The second kappa shape index (κ2) is 6.74. The first-order valence-corrected chi connectivity index (χ1v) is 5.64. The van der Waals surface area contributed by atoms with Gasteiger partial charge in [0.1, 0.15) is 0 Å². The van der Waals surface area contributed by atoms with Crippen molar-refractivity contribution in [3.05, 3.63) is 25.3 Å². The van der Waals surface area contributed by atoms with Gasteiger partial charge in [0.2, 0.25) is 0 Å². The van der Waals surface area contributed by atoms with E-state index in [-0.39, 0.29) is 0 Å². The topological polar surface area (TPSA) is 88.1 Å². The van der Waals surface area contributed by atoms with Crippen LogP contribution in [0.25, 0.3) is 0 Å². The van der Waals surface area contributed by atoms with E-state index >= 15 is 0 Å². The fourth-order valence-corrected chi connectivity index (χ4v) is 1.03. The Morgan fingerprint density at radius 3 is 1.30 bits per heavy atom. The molecular weight excluding hydrogens is 268 g/mol. The first-order chi connectivity index (χ1) is 9.01. The van der Waals surface area contributed by atoms with Crippen LogP contribution < -0.4 is 0 Å². The number of ether oxygens (including phenoxy) is 4. The van der Waals surface area contributed by atoms with Crippen LogP contribution in [0.3, 0.4) is 0 Å². The van der Waals surface area contributed by atoms with Gasteiger partial charge < -0.3 is 18.9 Å². The smallest absolute Gasteiger partial charge is 0.420 e. The normalized spacial score (nSPS) is 11.0. The molecule has 0 rings (SSSR count). The van der Waals surface area contributed by atoms with E-state index in [1.165, 1.54) is 27.7 Å².